The molecule has 1 aliphatic heterocycles. The van der Waals surface area contributed by atoms with Crippen LogP contribution in [-0.4, -0.2) is 41.0 Å². The lowest BCUT2D eigenvalue weighted by Gasteiger charge is -2.47. The number of likely N-dealkylation sites (tertiary alicyclic amines) is 1. The van der Waals surface area contributed by atoms with Crippen molar-refractivity contribution in [2.75, 3.05) is 13.1 Å². The minimum absolute atomic E-state index is 0.00410. The van der Waals surface area contributed by atoms with Gasteiger partial charge in [-0.15, -0.1) is 11.3 Å². The van der Waals surface area contributed by atoms with E-state index in [1.807, 2.05) is 36.4 Å². The van der Waals surface area contributed by atoms with E-state index in [-0.39, 0.29) is 5.91 Å². The van der Waals surface area contributed by atoms with Crippen molar-refractivity contribution < 1.29 is 4.79 Å². The van der Waals surface area contributed by atoms with Gasteiger partial charge in [0.25, 0.3) is 5.91 Å². The van der Waals surface area contributed by atoms with Crippen LogP contribution in [0.2, 0.25) is 0 Å². The van der Waals surface area contributed by atoms with Crippen molar-refractivity contribution >= 4 is 27.5 Å². The summed E-state index contributed by atoms with van der Waals surface area (Å²) in [6, 6.07) is 17.6. The molecule has 1 aliphatic carbocycles. The lowest BCUT2D eigenvalue weighted by Crippen LogP contribution is -2.50. The van der Waals surface area contributed by atoms with Crippen LogP contribution in [0.5, 0.6) is 0 Å². The average molecular weight is 434 g/mol. The number of nitrogens with zero attached hydrogens (tertiary/aromatic N) is 2. The Balaban J connectivity index is 1.19. The van der Waals surface area contributed by atoms with Crippen LogP contribution < -0.4 is 5.32 Å². The van der Waals surface area contributed by atoms with Crippen molar-refractivity contribution in [3.05, 3.63) is 64.7 Å². The lowest BCUT2D eigenvalue weighted by molar-refractivity contribution is 0.0480. The number of nitrogens with one attached hydrogen (secondary N) is 1. The van der Waals surface area contributed by atoms with Gasteiger partial charge >= 0.3 is 0 Å². The van der Waals surface area contributed by atoms with Crippen molar-refractivity contribution in [2.24, 2.45) is 0 Å². The molecule has 1 N–H and O–H groups in total. The minimum Gasteiger partial charge on any atom is -0.352 e. The summed E-state index contributed by atoms with van der Waals surface area (Å²) in [6.45, 7) is 4.30. The van der Waals surface area contributed by atoms with E-state index in [9.17, 15) is 4.79 Å². The number of carbonyl (C=O) groups is 1. The summed E-state index contributed by atoms with van der Waals surface area (Å²) in [5.41, 5.74) is 2.99. The first-order chi connectivity index (χ1) is 15.2. The zero-order valence-corrected chi connectivity index (χ0v) is 19.0. The van der Waals surface area contributed by atoms with Crippen LogP contribution in [0.1, 0.15) is 65.9 Å². The van der Waals surface area contributed by atoms with Gasteiger partial charge in [0.1, 0.15) is 0 Å². The van der Waals surface area contributed by atoms with E-state index < -0.39 is 0 Å². The highest BCUT2D eigenvalue weighted by atomic mass is 32.1. The highest BCUT2D eigenvalue weighted by molar-refractivity contribution is 7.18. The fourth-order valence-electron chi connectivity index (χ4n) is 5.05. The van der Waals surface area contributed by atoms with E-state index in [2.05, 4.69) is 29.3 Å². The zero-order chi connectivity index (χ0) is 21.2. The predicted molar refractivity (Wildman–Crippen MR) is 128 cm³/mol. The van der Waals surface area contributed by atoms with Crippen molar-refractivity contribution in [1.82, 2.24) is 15.2 Å². The molecule has 1 unspecified atom stereocenters. The fourth-order valence-corrected chi connectivity index (χ4v) is 6.18. The third kappa shape index (κ3) is 4.53. The number of aromatic nitrogens is 1. The van der Waals surface area contributed by atoms with Gasteiger partial charge in [-0.25, -0.2) is 4.98 Å². The van der Waals surface area contributed by atoms with E-state index in [1.165, 1.54) is 49.2 Å². The summed E-state index contributed by atoms with van der Waals surface area (Å²) in [5, 5.41) is 4.30. The van der Waals surface area contributed by atoms with Crippen LogP contribution in [0.15, 0.2) is 48.5 Å². The van der Waals surface area contributed by atoms with Gasteiger partial charge < -0.3 is 5.32 Å². The van der Waals surface area contributed by atoms with Crippen molar-refractivity contribution in [3.63, 3.8) is 0 Å². The number of carbonyl (C=O) groups excluding carboxylic acids is 1. The Morgan fingerprint density at radius 3 is 2.81 bits per heavy atom. The summed E-state index contributed by atoms with van der Waals surface area (Å²) in [5.74, 6) is 0.579. The standard InChI is InChI=1S/C26H31N3OS/c1-18-7-5-6-14-29(18)22-15-21(16-22)26-28-23-11-10-20(17-24(23)31-26)25(30)27-13-12-19-8-3-2-4-9-19/h2-4,8-11,17-18,21-22H,5-7,12-16H2,1H3,(H,27,30). The van der Waals surface area contributed by atoms with Crippen LogP contribution in [-0.2, 0) is 6.42 Å². The lowest BCUT2D eigenvalue weighted by atomic mass is 9.78. The molecule has 1 saturated carbocycles. The molecule has 2 aliphatic rings. The Kier molecular flexibility index (Phi) is 6.06. The smallest absolute Gasteiger partial charge is 0.251 e. The van der Waals surface area contributed by atoms with Gasteiger partial charge in [-0.05, 0) is 69.3 Å². The Morgan fingerprint density at radius 1 is 1.16 bits per heavy atom. The number of amides is 1. The minimum atomic E-state index is -0.00410. The zero-order valence-electron chi connectivity index (χ0n) is 18.2. The number of hydrogen-bond acceptors (Lipinski definition) is 4. The fraction of sp³-hybridized carbons (Fsp3) is 0.462. The van der Waals surface area contributed by atoms with Gasteiger partial charge in [0.05, 0.1) is 15.2 Å². The van der Waals surface area contributed by atoms with Gasteiger partial charge in [0, 0.05) is 30.1 Å². The van der Waals surface area contributed by atoms with Crippen molar-refractivity contribution in [1.29, 1.82) is 0 Å². The third-order valence-corrected chi connectivity index (χ3v) is 8.18. The van der Waals surface area contributed by atoms with Gasteiger partial charge in [0.2, 0.25) is 0 Å². The van der Waals surface area contributed by atoms with Gasteiger partial charge in [-0.1, -0.05) is 36.8 Å². The molecule has 2 heterocycles. The van der Waals surface area contributed by atoms with Crippen LogP contribution in [0, 0.1) is 0 Å². The van der Waals surface area contributed by atoms with E-state index in [1.54, 1.807) is 11.3 Å². The van der Waals surface area contributed by atoms with E-state index >= 15 is 0 Å². The van der Waals surface area contributed by atoms with Gasteiger partial charge in [-0.2, -0.15) is 0 Å². The second kappa shape index (κ2) is 9.09. The van der Waals surface area contributed by atoms with Crippen LogP contribution in [0.3, 0.4) is 0 Å². The summed E-state index contributed by atoms with van der Waals surface area (Å²) < 4.78 is 1.13. The first-order valence-electron chi connectivity index (χ1n) is 11.7. The molecule has 31 heavy (non-hydrogen) atoms. The Labute approximate surface area is 188 Å². The summed E-state index contributed by atoms with van der Waals surface area (Å²) >= 11 is 1.77. The van der Waals surface area contributed by atoms with E-state index in [0.29, 0.717) is 12.5 Å². The number of thiazole rings is 1. The Hall–Kier alpha value is -2.24. The number of hydrogen-bond donors (Lipinski definition) is 1. The van der Waals surface area contributed by atoms with Gasteiger partial charge in [-0.3, -0.25) is 9.69 Å². The molecule has 5 rings (SSSR count). The van der Waals surface area contributed by atoms with E-state index in [0.717, 1.165) is 34.3 Å². The maximum absolute atomic E-state index is 12.6. The molecule has 162 valence electrons. The van der Waals surface area contributed by atoms with Crippen LogP contribution >= 0.6 is 11.3 Å². The molecular weight excluding hydrogens is 402 g/mol. The summed E-state index contributed by atoms with van der Waals surface area (Å²) in [7, 11) is 0. The molecule has 1 atom stereocenters. The molecule has 5 heteroatoms. The third-order valence-electron chi connectivity index (χ3n) is 7.00. The molecule has 1 aromatic heterocycles. The molecule has 3 aromatic rings. The first-order valence-corrected chi connectivity index (χ1v) is 12.5. The predicted octanol–water partition coefficient (Wildman–Crippen LogP) is 5.39. The van der Waals surface area contributed by atoms with Crippen LogP contribution in [0.4, 0.5) is 0 Å². The summed E-state index contributed by atoms with van der Waals surface area (Å²) in [6.07, 6.45) is 7.39. The Morgan fingerprint density at radius 2 is 2.00 bits per heavy atom. The molecule has 2 aromatic carbocycles. The molecule has 1 amide bonds. The summed E-state index contributed by atoms with van der Waals surface area (Å²) in [4.78, 5) is 20.2. The average Bonchev–Trinajstić information content (AvgIpc) is 3.17. The first kappa shape index (κ1) is 20.7. The number of benzene rings is 2. The molecule has 0 spiro atoms. The normalized spacial score (nSPS) is 24.1. The van der Waals surface area contributed by atoms with Crippen LogP contribution in [0.25, 0.3) is 10.2 Å². The number of piperidine rings is 1. The van der Waals surface area contributed by atoms with Gasteiger partial charge in [0.15, 0.2) is 0 Å². The maximum atomic E-state index is 12.6. The largest absolute Gasteiger partial charge is 0.352 e. The molecule has 4 nitrogen and oxygen atoms in total. The Bertz CT molecular complexity index is 1040. The van der Waals surface area contributed by atoms with Crippen molar-refractivity contribution in [3.8, 4) is 0 Å². The maximum Gasteiger partial charge on any atom is 0.251 e. The highest BCUT2D eigenvalue weighted by Crippen LogP contribution is 2.44. The second-order valence-corrected chi connectivity index (χ2v) is 10.2. The van der Waals surface area contributed by atoms with E-state index in [4.69, 9.17) is 4.98 Å². The molecule has 0 bridgehead atoms. The molecular formula is C26H31N3OS. The molecule has 1 saturated heterocycles. The number of fused-ring (bicyclic) bond motifs is 1. The molecule has 2 fully saturated rings. The topological polar surface area (TPSA) is 45.2 Å². The quantitative estimate of drug-likeness (QED) is 0.567. The monoisotopic (exact) mass is 433 g/mol. The molecule has 0 radical (unpaired) electrons. The SMILES string of the molecule is CC1CCCCN1C1CC(c2nc3ccc(C(=O)NCCc4ccccc4)cc3s2)C1. The van der Waals surface area contributed by atoms with Crippen molar-refractivity contribution in [2.45, 2.75) is 63.5 Å². The highest BCUT2D eigenvalue weighted by Gasteiger charge is 2.38. The second-order valence-electron chi connectivity index (χ2n) is 9.13. The number of rotatable bonds is 6.